The fourth-order valence-electron chi connectivity index (χ4n) is 0.179. The van der Waals surface area contributed by atoms with Crippen LogP contribution in [0.2, 0.25) is 0 Å². The summed E-state index contributed by atoms with van der Waals surface area (Å²) in [5.74, 6) is -1.72. The summed E-state index contributed by atoms with van der Waals surface area (Å²) in [6.45, 7) is -6.22. The molecule has 0 rings (SSSR count). The first-order valence-electron chi connectivity index (χ1n) is 5.06. The molecule has 0 heterocycles. The smallest absolute Gasteiger partial charge is 0.321 e. The average molecular weight is 155 g/mol. The Morgan fingerprint density at radius 3 is 2.56 bits per heavy atom. The van der Waals surface area contributed by atoms with E-state index in [0.29, 0.717) is 0 Å². The Kier molecular flexibility index (Phi) is 0.801. The number of nitrogens with two attached hydrogens (primary N) is 1. The topological polar surface area (TPSA) is 63.3 Å². The van der Waals surface area contributed by atoms with Crippen molar-refractivity contribution in [3.8, 4) is 0 Å². The fraction of sp³-hybridized carbons (Fsp3) is 0.800. The second-order valence-corrected chi connectivity index (χ2v) is 2.29. The summed E-state index contributed by atoms with van der Waals surface area (Å²) in [6, 6.07) is -2.11. The van der Waals surface area contributed by atoms with Gasteiger partial charge in [-0.25, -0.2) is 0 Å². The lowest BCUT2D eigenvalue weighted by atomic mass is 10.1. The third kappa shape index (κ3) is 2.72. The predicted octanol–water partition coefficient (Wildman–Crippen LogP) is 0.107. The van der Waals surface area contributed by atoms with Crippen molar-refractivity contribution in [3.63, 3.8) is 0 Å². The van der Waals surface area contributed by atoms with Gasteiger partial charge in [0.1, 0.15) is 6.04 Å². The number of hydrogen-bond donors (Lipinski definition) is 3. The Balaban J connectivity index is 5.53. The molecule has 0 aliphatic rings. The van der Waals surface area contributed by atoms with Crippen molar-refractivity contribution < 1.29 is 18.1 Å². The van der Waals surface area contributed by atoms with E-state index in [0.717, 1.165) is 0 Å². The molecule has 0 bridgehead atoms. The van der Waals surface area contributed by atoms with Gasteiger partial charge in [-0.1, -0.05) is 0 Å². The highest BCUT2D eigenvalue weighted by molar-refractivity contribution is 7.81. The number of carbonyl (C=O) groups is 1. The van der Waals surface area contributed by atoms with E-state index in [1.54, 1.807) is 0 Å². The highest BCUT2D eigenvalue weighted by Gasteiger charge is 2.27. The van der Waals surface area contributed by atoms with Crippen LogP contribution in [0.5, 0.6) is 0 Å². The van der Waals surface area contributed by atoms with Crippen molar-refractivity contribution in [2.75, 3.05) is 0 Å². The van der Waals surface area contributed by atoms with E-state index >= 15 is 0 Å². The molecule has 0 aromatic heterocycles. The maximum Gasteiger partial charge on any atom is 0.321 e. The minimum absolute atomic E-state index is 1.72. The summed E-state index contributed by atoms with van der Waals surface area (Å²) in [7, 11) is 0. The highest BCUT2D eigenvalue weighted by atomic mass is 32.1. The summed E-state index contributed by atoms with van der Waals surface area (Å²) in [6.07, 6.45) is 0. The van der Waals surface area contributed by atoms with Crippen molar-refractivity contribution in [3.05, 3.63) is 0 Å². The van der Waals surface area contributed by atoms with Gasteiger partial charge >= 0.3 is 5.97 Å². The van der Waals surface area contributed by atoms with Crippen molar-refractivity contribution in [2.45, 2.75) is 24.5 Å². The maximum absolute atomic E-state index is 10.6. The van der Waals surface area contributed by atoms with Gasteiger partial charge in [-0.05, 0) is 13.7 Å². The van der Waals surface area contributed by atoms with E-state index in [1.165, 1.54) is 0 Å². The number of carboxylic acid groups (broad SMARTS) is 1. The molecule has 3 N–H and O–H groups in total. The molecule has 1 atom stereocenters. The van der Waals surface area contributed by atoms with Gasteiger partial charge in [0, 0.05) is 13.0 Å². The molecule has 3 nitrogen and oxygen atoms in total. The van der Waals surface area contributed by atoms with Crippen LogP contribution >= 0.6 is 12.6 Å². The zero-order chi connectivity index (χ0) is 12.7. The lowest BCUT2D eigenvalue weighted by molar-refractivity contribution is -0.139. The fourth-order valence-corrected chi connectivity index (χ4v) is 0.289. The van der Waals surface area contributed by atoms with Gasteiger partial charge in [0.05, 0.1) is 0 Å². The van der Waals surface area contributed by atoms with E-state index < -0.39 is 30.5 Å². The number of thiol groups is 1. The van der Waals surface area contributed by atoms with Crippen LogP contribution in [0.1, 0.15) is 21.9 Å². The molecular weight excluding hydrogens is 138 g/mol. The van der Waals surface area contributed by atoms with E-state index in [4.69, 9.17) is 19.1 Å². The van der Waals surface area contributed by atoms with Crippen LogP contribution < -0.4 is 5.73 Å². The average Bonchev–Trinajstić information content (AvgIpc) is 1.96. The molecular formula is C5H11NO2S. The van der Waals surface area contributed by atoms with E-state index in [2.05, 4.69) is 12.6 Å². The Morgan fingerprint density at radius 1 is 2.00 bits per heavy atom. The summed E-state index contributed by atoms with van der Waals surface area (Å²) < 4.78 is 39.3. The molecule has 0 amide bonds. The molecule has 0 saturated heterocycles. The lowest BCUT2D eigenvalue weighted by Gasteiger charge is -2.21. The van der Waals surface area contributed by atoms with Crippen LogP contribution in [0.4, 0.5) is 0 Å². The maximum atomic E-state index is 10.6. The summed E-state index contributed by atoms with van der Waals surface area (Å²) >= 11 is 3.48. The van der Waals surface area contributed by atoms with Crippen molar-refractivity contribution in [2.24, 2.45) is 5.73 Å². The van der Waals surface area contributed by atoms with Crippen LogP contribution in [0.3, 0.4) is 0 Å². The summed E-state index contributed by atoms with van der Waals surface area (Å²) in [5.41, 5.74) is 5.07. The minimum Gasteiger partial charge on any atom is -0.480 e. The Morgan fingerprint density at radius 2 is 2.44 bits per heavy atom. The molecule has 0 aromatic rings. The Bertz CT molecular complexity index is 247. The molecule has 0 aliphatic heterocycles. The van der Waals surface area contributed by atoms with Gasteiger partial charge < -0.3 is 10.8 Å². The standard InChI is InChI=1S/C5H11NO2S/c1-5(2,9)3(6)4(7)8/h3,9H,6H2,1-2H3,(H,7,8)/i1D3,2D3. The largest absolute Gasteiger partial charge is 0.480 e. The molecule has 9 heavy (non-hydrogen) atoms. The van der Waals surface area contributed by atoms with Crippen molar-refractivity contribution in [1.29, 1.82) is 0 Å². The number of rotatable bonds is 2. The molecule has 0 spiro atoms. The number of hydrogen-bond acceptors (Lipinski definition) is 3. The second-order valence-electron chi connectivity index (χ2n) is 1.58. The summed E-state index contributed by atoms with van der Waals surface area (Å²) in [5, 5.41) is 8.57. The Labute approximate surface area is 68.1 Å². The minimum atomic E-state index is -3.11. The monoisotopic (exact) mass is 155 g/mol. The van der Waals surface area contributed by atoms with Gasteiger partial charge in [-0.3, -0.25) is 4.79 Å². The number of aliphatic carboxylic acids is 1. The van der Waals surface area contributed by atoms with Gasteiger partial charge in [-0.15, -0.1) is 0 Å². The van der Waals surface area contributed by atoms with Gasteiger partial charge in [0.2, 0.25) is 0 Å². The van der Waals surface area contributed by atoms with Crippen LogP contribution in [0.25, 0.3) is 0 Å². The van der Waals surface area contributed by atoms with Crippen LogP contribution in [-0.2, 0) is 4.79 Å². The third-order valence-corrected chi connectivity index (χ3v) is 0.994. The molecule has 0 saturated carbocycles. The van der Waals surface area contributed by atoms with Crippen LogP contribution in [0, 0.1) is 0 Å². The van der Waals surface area contributed by atoms with E-state index in [9.17, 15) is 4.79 Å². The molecule has 0 fully saturated rings. The summed E-state index contributed by atoms with van der Waals surface area (Å²) in [4.78, 5) is 10.6. The van der Waals surface area contributed by atoms with Gasteiger partial charge in [0.15, 0.2) is 0 Å². The van der Waals surface area contributed by atoms with Crippen molar-refractivity contribution >= 4 is 18.6 Å². The molecule has 0 aromatic carbocycles. The first kappa shape index (κ1) is 2.80. The zero-order valence-electron chi connectivity index (χ0n) is 10.5. The molecule has 0 radical (unpaired) electrons. The molecule has 54 valence electrons. The van der Waals surface area contributed by atoms with Crippen LogP contribution in [-0.4, -0.2) is 21.9 Å². The molecule has 4 heteroatoms. The highest BCUT2D eigenvalue weighted by Crippen LogP contribution is 2.15. The van der Waals surface area contributed by atoms with Crippen LogP contribution in [0.15, 0.2) is 0 Å². The lowest BCUT2D eigenvalue weighted by Crippen LogP contribution is -2.45. The van der Waals surface area contributed by atoms with E-state index in [-0.39, 0.29) is 0 Å². The molecule has 0 aliphatic carbocycles. The second kappa shape index (κ2) is 2.58. The van der Waals surface area contributed by atoms with Gasteiger partial charge in [-0.2, -0.15) is 12.6 Å². The first-order valence-corrected chi connectivity index (χ1v) is 2.51. The first-order chi connectivity index (χ1) is 6.35. The van der Waals surface area contributed by atoms with E-state index in [1.807, 2.05) is 0 Å². The Hall–Kier alpha value is -0.220. The van der Waals surface area contributed by atoms with Crippen molar-refractivity contribution in [1.82, 2.24) is 0 Å². The predicted molar refractivity (Wildman–Crippen MR) is 38.7 cm³/mol. The normalized spacial score (nSPS) is 27.8. The quantitative estimate of drug-likeness (QED) is 0.496. The zero-order valence-corrected chi connectivity index (χ0v) is 5.35. The SMILES string of the molecule is [2H]C([2H])([2H])C(S)(C(N)C(=O)O)C([2H])([2H])[2H]. The number of carboxylic acids is 1. The third-order valence-electron chi connectivity index (χ3n) is 0.716. The molecule has 1 unspecified atom stereocenters. The van der Waals surface area contributed by atoms with Gasteiger partial charge in [0.25, 0.3) is 0 Å².